The summed E-state index contributed by atoms with van der Waals surface area (Å²) < 4.78 is 50.0. The molecule has 4 nitrogen and oxygen atoms in total. The molecule has 0 aliphatic carbocycles. The van der Waals surface area contributed by atoms with E-state index in [-0.39, 0.29) is 17.0 Å². The van der Waals surface area contributed by atoms with E-state index in [9.17, 15) is 13.2 Å². The lowest BCUT2D eigenvalue weighted by Gasteiger charge is -2.11. The van der Waals surface area contributed by atoms with E-state index in [1.54, 1.807) is 18.5 Å². The van der Waals surface area contributed by atoms with Gasteiger partial charge in [-0.05, 0) is 36.6 Å². The van der Waals surface area contributed by atoms with E-state index in [2.05, 4.69) is 23.8 Å². The van der Waals surface area contributed by atoms with Crippen LogP contribution in [0.3, 0.4) is 0 Å². The summed E-state index contributed by atoms with van der Waals surface area (Å²) in [4.78, 5) is 8.25. The summed E-state index contributed by atoms with van der Waals surface area (Å²) in [5.74, 6) is 1.25. The second-order valence-electron chi connectivity index (χ2n) is 6.22. The first-order valence-electron chi connectivity index (χ1n) is 9.43. The lowest BCUT2D eigenvalue weighted by atomic mass is 10.1. The number of hydrogen-bond donors (Lipinski definition) is 0. The monoisotopic (exact) mass is 394 g/mol. The minimum atomic E-state index is -4.42. The van der Waals surface area contributed by atoms with Crippen molar-refractivity contribution in [2.24, 2.45) is 5.92 Å². The third-order valence-electron chi connectivity index (χ3n) is 4.29. The Morgan fingerprint density at radius 3 is 2.61 bits per heavy atom. The normalized spacial score (nSPS) is 12.4. The fourth-order valence-electron chi connectivity index (χ4n) is 2.46. The molecule has 28 heavy (non-hydrogen) atoms. The molecule has 1 unspecified atom stereocenters. The van der Waals surface area contributed by atoms with Crippen LogP contribution in [0.5, 0.6) is 5.75 Å². The third kappa shape index (κ3) is 5.24. The Balaban J connectivity index is 0.00000136. The highest BCUT2D eigenvalue weighted by atomic mass is 19.4. The van der Waals surface area contributed by atoms with Crippen LogP contribution in [-0.4, -0.2) is 16.6 Å². The largest absolute Gasteiger partial charge is 0.491 e. The number of halogens is 3. The minimum absolute atomic E-state index is 0.150. The number of pyridine rings is 1. The molecule has 2 heterocycles. The fraction of sp³-hybridized carbons (Fsp3) is 0.429. The zero-order valence-corrected chi connectivity index (χ0v) is 16.5. The number of fused-ring (bicyclic) bond motifs is 1. The van der Waals surface area contributed by atoms with Crippen LogP contribution in [0.15, 0.2) is 41.1 Å². The van der Waals surface area contributed by atoms with E-state index in [1.165, 1.54) is 6.07 Å². The summed E-state index contributed by atoms with van der Waals surface area (Å²) in [6.45, 7) is 8.78. The van der Waals surface area contributed by atoms with Crippen molar-refractivity contribution in [3.05, 3.63) is 42.2 Å². The Kier molecular flexibility index (Phi) is 7.43. The van der Waals surface area contributed by atoms with Gasteiger partial charge in [-0.1, -0.05) is 34.1 Å². The second kappa shape index (κ2) is 9.57. The van der Waals surface area contributed by atoms with Gasteiger partial charge in [-0.2, -0.15) is 13.2 Å². The average Bonchev–Trinajstić information content (AvgIpc) is 3.12. The van der Waals surface area contributed by atoms with Crippen molar-refractivity contribution in [2.75, 3.05) is 6.61 Å². The van der Waals surface area contributed by atoms with Gasteiger partial charge in [0.25, 0.3) is 0 Å². The third-order valence-corrected chi connectivity index (χ3v) is 4.29. The van der Waals surface area contributed by atoms with E-state index < -0.39 is 11.7 Å². The highest BCUT2D eigenvalue weighted by Crippen LogP contribution is 2.34. The molecule has 0 aliphatic rings. The van der Waals surface area contributed by atoms with E-state index in [0.29, 0.717) is 23.8 Å². The highest BCUT2D eigenvalue weighted by Gasteiger charge is 2.31. The van der Waals surface area contributed by atoms with Crippen LogP contribution < -0.4 is 4.74 Å². The van der Waals surface area contributed by atoms with E-state index >= 15 is 0 Å². The maximum atomic E-state index is 12.9. The molecule has 0 spiro atoms. The van der Waals surface area contributed by atoms with Crippen LogP contribution in [0.4, 0.5) is 13.2 Å². The number of aromatic nitrogens is 2. The number of alkyl halides is 3. The Hall–Kier alpha value is -2.57. The number of oxazole rings is 1. The molecule has 0 bridgehead atoms. The van der Waals surface area contributed by atoms with E-state index in [0.717, 1.165) is 25.0 Å². The maximum Gasteiger partial charge on any atom is 0.416 e. The minimum Gasteiger partial charge on any atom is -0.491 e. The van der Waals surface area contributed by atoms with Gasteiger partial charge in [0.1, 0.15) is 11.3 Å². The molecule has 7 heteroatoms. The van der Waals surface area contributed by atoms with E-state index in [1.807, 2.05) is 13.8 Å². The molecule has 0 saturated heterocycles. The van der Waals surface area contributed by atoms with Gasteiger partial charge in [0.2, 0.25) is 5.89 Å². The zero-order chi connectivity index (χ0) is 20.7. The van der Waals surface area contributed by atoms with Crippen LogP contribution in [0.25, 0.3) is 22.6 Å². The summed E-state index contributed by atoms with van der Waals surface area (Å²) in [6, 6.07) is 4.91. The smallest absolute Gasteiger partial charge is 0.416 e. The molecular weight excluding hydrogens is 369 g/mol. The molecule has 3 aromatic rings. The molecule has 2 aromatic heterocycles. The van der Waals surface area contributed by atoms with Crippen molar-refractivity contribution in [3.63, 3.8) is 0 Å². The Bertz CT molecular complexity index is 891. The van der Waals surface area contributed by atoms with Crippen LogP contribution in [0.2, 0.25) is 0 Å². The van der Waals surface area contributed by atoms with Gasteiger partial charge in [0.05, 0.1) is 23.9 Å². The number of benzene rings is 1. The van der Waals surface area contributed by atoms with Gasteiger partial charge in [-0.3, -0.25) is 4.98 Å². The summed E-state index contributed by atoms with van der Waals surface area (Å²) in [6.07, 6.45) is 0.659. The fourth-order valence-corrected chi connectivity index (χ4v) is 2.46. The van der Waals surface area contributed by atoms with Crippen LogP contribution >= 0.6 is 0 Å². The predicted octanol–water partition coefficient (Wildman–Crippen LogP) is 6.75. The van der Waals surface area contributed by atoms with Crippen LogP contribution in [-0.2, 0) is 6.18 Å². The molecule has 0 fully saturated rings. The zero-order valence-electron chi connectivity index (χ0n) is 16.5. The standard InChI is InChI=1S/C19H19F3N2O2.C2H6/c1-3-12(2)7-9-25-17-11-23-8-6-14(17)18-24-15-10-13(19(20,21)22)4-5-16(15)26-18;1-2/h4-6,8,10-12H,3,7,9H2,1-2H3;1-2H3. The number of nitrogens with zero attached hydrogens (tertiary/aromatic N) is 2. The summed E-state index contributed by atoms with van der Waals surface area (Å²) in [5.41, 5.74) is 0.242. The first-order chi connectivity index (χ1) is 13.4. The molecule has 0 saturated carbocycles. The van der Waals surface area contributed by atoms with Gasteiger partial charge in [0, 0.05) is 6.20 Å². The molecule has 1 aromatic carbocycles. The first-order valence-corrected chi connectivity index (χ1v) is 9.43. The van der Waals surface area contributed by atoms with Crippen molar-refractivity contribution in [2.45, 2.75) is 46.7 Å². The van der Waals surface area contributed by atoms with Crippen LogP contribution in [0.1, 0.15) is 46.1 Å². The highest BCUT2D eigenvalue weighted by molar-refractivity contribution is 5.78. The average molecular weight is 394 g/mol. The first kappa shape index (κ1) is 21.7. The van der Waals surface area contributed by atoms with E-state index in [4.69, 9.17) is 9.15 Å². The van der Waals surface area contributed by atoms with Crippen molar-refractivity contribution >= 4 is 11.1 Å². The molecular formula is C21H25F3N2O2. The van der Waals surface area contributed by atoms with Crippen molar-refractivity contribution in [3.8, 4) is 17.2 Å². The van der Waals surface area contributed by atoms with Gasteiger partial charge in [0.15, 0.2) is 5.58 Å². The molecule has 3 rings (SSSR count). The Morgan fingerprint density at radius 2 is 1.93 bits per heavy atom. The van der Waals surface area contributed by atoms with Crippen molar-refractivity contribution in [1.82, 2.24) is 9.97 Å². The van der Waals surface area contributed by atoms with Crippen molar-refractivity contribution in [1.29, 1.82) is 0 Å². The molecule has 152 valence electrons. The van der Waals surface area contributed by atoms with Gasteiger partial charge in [-0.15, -0.1) is 0 Å². The second-order valence-corrected chi connectivity index (χ2v) is 6.22. The topological polar surface area (TPSA) is 48.2 Å². The molecule has 0 aliphatic heterocycles. The maximum absolute atomic E-state index is 12.9. The lowest BCUT2D eigenvalue weighted by Crippen LogP contribution is -2.04. The number of ether oxygens (including phenoxy) is 1. The summed E-state index contributed by atoms with van der Waals surface area (Å²) in [7, 11) is 0. The predicted molar refractivity (Wildman–Crippen MR) is 103 cm³/mol. The number of rotatable bonds is 6. The summed E-state index contributed by atoms with van der Waals surface area (Å²) in [5, 5.41) is 0. The number of hydrogen-bond acceptors (Lipinski definition) is 4. The van der Waals surface area contributed by atoms with Gasteiger partial charge in [-0.25, -0.2) is 4.98 Å². The van der Waals surface area contributed by atoms with Crippen LogP contribution in [0, 0.1) is 5.92 Å². The quantitative estimate of drug-likeness (QED) is 0.464. The van der Waals surface area contributed by atoms with Crippen molar-refractivity contribution < 1.29 is 22.3 Å². The lowest BCUT2D eigenvalue weighted by molar-refractivity contribution is -0.137. The Morgan fingerprint density at radius 1 is 1.18 bits per heavy atom. The summed E-state index contributed by atoms with van der Waals surface area (Å²) >= 11 is 0. The molecule has 0 N–H and O–H groups in total. The molecule has 1 atom stereocenters. The molecule has 0 radical (unpaired) electrons. The van der Waals surface area contributed by atoms with Gasteiger partial charge >= 0.3 is 6.18 Å². The Labute approximate surface area is 162 Å². The molecule has 0 amide bonds. The SMILES string of the molecule is CC.CCC(C)CCOc1cnccc1-c1nc2cc(C(F)(F)F)ccc2o1. The van der Waals surface area contributed by atoms with Gasteiger partial charge < -0.3 is 9.15 Å².